The van der Waals surface area contributed by atoms with Gasteiger partial charge >= 0.3 is 12.4 Å². The van der Waals surface area contributed by atoms with Crippen molar-refractivity contribution in [3.8, 4) is 0 Å². The lowest BCUT2D eigenvalue weighted by Crippen LogP contribution is -2.41. The SMILES string of the molecule is C=CC(=O)NCC1CN(c2ccc(C(F)(F)F)cc2)c2nc(C(F)(F)F)nn2C1. The van der Waals surface area contributed by atoms with Crippen molar-refractivity contribution < 1.29 is 31.1 Å². The Labute approximate surface area is 160 Å². The van der Waals surface area contributed by atoms with Crippen LogP contribution < -0.4 is 10.2 Å². The summed E-state index contributed by atoms with van der Waals surface area (Å²) < 4.78 is 78.5. The molecule has 1 aromatic heterocycles. The van der Waals surface area contributed by atoms with Gasteiger partial charge in [-0.15, -0.1) is 5.10 Å². The van der Waals surface area contributed by atoms with Crippen LogP contribution >= 0.6 is 0 Å². The lowest BCUT2D eigenvalue weighted by molar-refractivity contribution is -0.145. The zero-order valence-electron chi connectivity index (χ0n) is 14.8. The van der Waals surface area contributed by atoms with Gasteiger partial charge in [-0.05, 0) is 30.3 Å². The van der Waals surface area contributed by atoms with Crippen molar-refractivity contribution in [1.29, 1.82) is 0 Å². The van der Waals surface area contributed by atoms with Crippen molar-refractivity contribution in [3.63, 3.8) is 0 Å². The van der Waals surface area contributed by atoms with Gasteiger partial charge < -0.3 is 10.2 Å². The molecule has 2 heterocycles. The molecule has 2 aromatic rings. The second kappa shape index (κ2) is 7.41. The van der Waals surface area contributed by atoms with Gasteiger partial charge in [-0.25, -0.2) is 4.68 Å². The molecule has 1 amide bonds. The van der Waals surface area contributed by atoms with E-state index in [2.05, 4.69) is 22.0 Å². The molecule has 6 nitrogen and oxygen atoms in total. The molecule has 1 N–H and O–H groups in total. The van der Waals surface area contributed by atoms with Crippen LogP contribution in [0.3, 0.4) is 0 Å². The van der Waals surface area contributed by atoms with Crippen molar-refractivity contribution in [1.82, 2.24) is 20.1 Å². The molecule has 0 saturated heterocycles. The summed E-state index contributed by atoms with van der Waals surface area (Å²) in [6.07, 6.45) is -8.26. The molecule has 1 atom stereocenters. The van der Waals surface area contributed by atoms with Gasteiger partial charge in [0.1, 0.15) is 0 Å². The minimum absolute atomic E-state index is 0.0486. The normalized spacial score (nSPS) is 17.0. The number of aromatic nitrogens is 3. The molecule has 0 bridgehead atoms. The number of nitrogens with zero attached hydrogens (tertiary/aromatic N) is 4. The highest BCUT2D eigenvalue weighted by Gasteiger charge is 2.40. The second-order valence-corrected chi connectivity index (χ2v) is 6.39. The van der Waals surface area contributed by atoms with Gasteiger partial charge in [-0.1, -0.05) is 6.58 Å². The Balaban J connectivity index is 1.94. The van der Waals surface area contributed by atoms with Crippen LogP contribution in [-0.4, -0.2) is 33.8 Å². The number of fused-ring (bicyclic) bond motifs is 1. The summed E-state index contributed by atoms with van der Waals surface area (Å²) in [4.78, 5) is 16.3. The molecule has 156 valence electrons. The minimum Gasteiger partial charge on any atom is -0.352 e. The maximum Gasteiger partial charge on any atom is 0.453 e. The van der Waals surface area contributed by atoms with Crippen LogP contribution in [0.25, 0.3) is 0 Å². The molecule has 1 aromatic carbocycles. The highest BCUT2D eigenvalue weighted by atomic mass is 19.4. The number of hydrogen-bond acceptors (Lipinski definition) is 4. The average molecular weight is 419 g/mol. The first-order valence-corrected chi connectivity index (χ1v) is 8.36. The summed E-state index contributed by atoms with van der Waals surface area (Å²) in [5, 5.41) is 6.03. The molecule has 12 heteroatoms. The minimum atomic E-state index is -4.78. The van der Waals surface area contributed by atoms with Gasteiger partial charge in [0.05, 0.1) is 12.1 Å². The van der Waals surface area contributed by atoms with Gasteiger partial charge in [-0.2, -0.15) is 31.3 Å². The maximum absolute atomic E-state index is 13.0. The van der Waals surface area contributed by atoms with E-state index < -0.39 is 29.6 Å². The molecule has 29 heavy (non-hydrogen) atoms. The third-order valence-corrected chi connectivity index (χ3v) is 4.28. The fourth-order valence-electron chi connectivity index (χ4n) is 2.92. The van der Waals surface area contributed by atoms with E-state index in [1.54, 1.807) is 0 Å². The van der Waals surface area contributed by atoms with E-state index in [1.165, 1.54) is 4.90 Å². The van der Waals surface area contributed by atoms with Crippen molar-refractivity contribution in [2.24, 2.45) is 5.92 Å². The zero-order valence-corrected chi connectivity index (χ0v) is 14.8. The summed E-state index contributed by atoms with van der Waals surface area (Å²) in [6.45, 7) is 3.60. The highest BCUT2D eigenvalue weighted by molar-refractivity contribution is 5.86. The molecular formula is C17H15F6N5O. The first-order chi connectivity index (χ1) is 13.5. The fourth-order valence-corrected chi connectivity index (χ4v) is 2.92. The number of alkyl halides is 6. The van der Waals surface area contributed by atoms with Gasteiger partial charge in [0, 0.05) is 24.7 Å². The highest BCUT2D eigenvalue weighted by Crippen LogP contribution is 2.36. The number of amides is 1. The van der Waals surface area contributed by atoms with E-state index in [-0.39, 0.29) is 37.2 Å². The number of rotatable bonds is 4. The summed E-state index contributed by atoms with van der Waals surface area (Å²) in [7, 11) is 0. The van der Waals surface area contributed by atoms with Crippen LogP contribution in [0, 0.1) is 5.92 Å². The van der Waals surface area contributed by atoms with E-state index in [4.69, 9.17) is 0 Å². The summed E-state index contributed by atoms with van der Waals surface area (Å²) in [5.74, 6) is -2.30. The Bertz CT molecular complexity index is 903. The molecule has 1 unspecified atom stereocenters. The standard InChI is InChI=1S/C17H15F6N5O/c1-2-13(29)24-7-10-8-27(12-5-3-11(4-6-12)16(18,19)20)15-25-14(17(21,22)23)26-28(15)9-10/h2-6,10H,1,7-9H2,(H,24,29). The van der Waals surface area contributed by atoms with Crippen molar-refractivity contribution >= 4 is 17.5 Å². The van der Waals surface area contributed by atoms with Gasteiger partial charge in [0.25, 0.3) is 5.82 Å². The number of carbonyl (C=O) groups excluding carboxylic acids is 1. The second-order valence-electron chi connectivity index (χ2n) is 6.39. The number of carbonyl (C=O) groups is 1. The molecule has 0 saturated carbocycles. The number of anilines is 2. The quantitative estimate of drug-likeness (QED) is 0.610. The van der Waals surface area contributed by atoms with Crippen molar-refractivity contribution in [2.45, 2.75) is 18.9 Å². The van der Waals surface area contributed by atoms with Gasteiger partial charge in [0.2, 0.25) is 11.9 Å². The monoisotopic (exact) mass is 419 g/mol. The van der Waals surface area contributed by atoms with E-state index in [1.807, 2.05) is 0 Å². The molecule has 0 aliphatic carbocycles. The van der Waals surface area contributed by atoms with Crippen LogP contribution in [0.4, 0.5) is 38.0 Å². The summed E-state index contributed by atoms with van der Waals surface area (Å²) >= 11 is 0. The third kappa shape index (κ3) is 4.51. The first kappa shape index (κ1) is 20.7. The maximum atomic E-state index is 13.0. The smallest absolute Gasteiger partial charge is 0.352 e. The molecule has 0 spiro atoms. The Hall–Kier alpha value is -3.05. The lowest BCUT2D eigenvalue weighted by atomic mass is 10.1. The molecule has 3 rings (SSSR count). The fraction of sp³-hybridized carbons (Fsp3) is 0.353. The van der Waals surface area contributed by atoms with Crippen molar-refractivity contribution in [2.75, 3.05) is 18.0 Å². The average Bonchev–Trinajstić information content (AvgIpc) is 3.09. The van der Waals surface area contributed by atoms with Crippen LogP contribution in [0.15, 0.2) is 36.9 Å². The van der Waals surface area contributed by atoms with E-state index in [9.17, 15) is 31.1 Å². The predicted molar refractivity (Wildman–Crippen MR) is 90.2 cm³/mol. The Morgan fingerprint density at radius 2 is 1.79 bits per heavy atom. The van der Waals surface area contributed by atoms with Gasteiger partial charge in [0.15, 0.2) is 0 Å². The molecule has 0 fully saturated rings. The van der Waals surface area contributed by atoms with Crippen LogP contribution in [0.1, 0.15) is 11.4 Å². The van der Waals surface area contributed by atoms with E-state index >= 15 is 0 Å². The zero-order chi connectivity index (χ0) is 21.4. The van der Waals surface area contributed by atoms with Crippen molar-refractivity contribution in [3.05, 3.63) is 48.3 Å². The van der Waals surface area contributed by atoms with Crippen LogP contribution in [0.2, 0.25) is 0 Å². The number of halogens is 6. The summed E-state index contributed by atoms with van der Waals surface area (Å²) in [6, 6.07) is 3.98. The largest absolute Gasteiger partial charge is 0.453 e. The third-order valence-electron chi connectivity index (χ3n) is 4.28. The van der Waals surface area contributed by atoms with Crippen LogP contribution in [0.5, 0.6) is 0 Å². The van der Waals surface area contributed by atoms with Gasteiger partial charge in [-0.3, -0.25) is 4.79 Å². The molecule has 1 aliphatic heterocycles. The Morgan fingerprint density at radius 1 is 1.14 bits per heavy atom. The van der Waals surface area contributed by atoms with Crippen LogP contribution in [-0.2, 0) is 23.7 Å². The lowest BCUT2D eigenvalue weighted by Gasteiger charge is -2.33. The molecule has 0 radical (unpaired) electrons. The predicted octanol–water partition coefficient (Wildman–Crippen LogP) is 3.39. The number of benzene rings is 1. The molecular weight excluding hydrogens is 404 g/mol. The topological polar surface area (TPSA) is 63.1 Å². The number of nitrogens with one attached hydrogen (secondary N) is 1. The van der Waals surface area contributed by atoms with E-state index in [0.717, 1.165) is 35.0 Å². The Kier molecular flexibility index (Phi) is 5.28. The molecule has 1 aliphatic rings. The number of hydrogen-bond donors (Lipinski definition) is 1. The Morgan fingerprint density at radius 3 is 2.34 bits per heavy atom. The summed E-state index contributed by atoms with van der Waals surface area (Å²) in [5.41, 5.74) is -0.661. The van der Waals surface area contributed by atoms with E-state index in [0.29, 0.717) is 0 Å². The first-order valence-electron chi connectivity index (χ1n) is 8.36.